The summed E-state index contributed by atoms with van der Waals surface area (Å²) < 4.78 is 0. The molecule has 9 heteroatoms. The van der Waals surface area contributed by atoms with Gasteiger partial charge in [0.05, 0.1) is 0 Å². The molecule has 0 atom stereocenters. The van der Waals surface area contributed by atoms with Gasteiger partial charge in [0.1, 0.15) is 0 Å². The van der Waals surface area contributed by atoms with Crippen LogP contribution in [-0.4, -0.2) is 45.8 Å². The first-order valence-corrected chi connectivity index (χ1v) is 2.62. The Bertz CT molecular complexity index is 99.2. The number of hydrogen-bond acceptors (Lipinski definition) is 2. The molecule has 8 nitrogen and oxygen atoms in total. The zero-order valence-electron chi connectivity index (χ0n) is 6.56. The Morgan fingerprint density at radius 1 is 0.846 bits per heavy atom. The molecule has 0 heterocycles. The van der Waals surface area contributed by atoms with Crippen LogP contribution in [-0.2, 0) is 16.8 Å². The van der Waals surface area contributed by atoms with Gasteiger partial charge >= 0.3 is 29.1 Å². The van der Waals surface area contributed by atoms with E-state index in [1.807, 2.05) is 0 Å². The first kappa shape index (κ1) is 22.7. The molecular formula is C4H14CoN2O6+5. The Morgan fingerprint density at radius 2 is 0.923 bits per heavy atom. The standard InChI is InChI=1S/C2H6N2.2CH2O3.Co/c3-1-2-4;2*2-1(3)4;/h3-4H,1-2H2;2*(H2,2,3,4);/q-2;;;+3/p+4. The van der Waals surface area contributed by atoms with Crippen molar-refractivity contribution in [2.45, 2.75) is 0 Å². The van der Waals surface area contributed by atoms with E-state index in [4.69, 9.17) is 41.5 Å². The zero-order chi connectivity index (χ0) is 10.6. The van der Waals surface area contributed by atoms with Crippen LogP contribution in [0.15, 0.2) is 0 Å². The van der Waals surface area contributed by atoms with Crippen molar-refractivity contribution in [3.05, 3.63) is 11.5 Å². The molecule has 0 spiro atoms. The van der Waals surface area contributed by atoms with Gasteiger partial charge in [0.25, 0.3) is 0 Å². The summed E-state index contributed by atoms with van der Waals surface area (Å²) in [5, 5.41) is 22.4. The van der Waals surface area contributed by atoms with Gasteiger partial charge in [-0.1, -0.05) is 0 Å². The molecule has 0 aliphatic carbocycles. The molecule has 0 bridgehead atoms. The van der Waals surface area contributed by atoms with Gasteiger partial charge in [0, 0.05) is 0 Å². The Balaban J connectivity index is -0.0000000450. The van der Waals surface area contributed by atoms with Gasteiger partial charge in [-0.05, 0) is 0 Å². The molecule has 80 valence electrons. The van der Waals surface area contributed by atoms with E-state index >= 15 is 0 Å². The van der Waals surface area contributed by atoms with Crippen LogP contribution in [0.3, 0.4) is 0 Å². The van der Waals surface area contributed by atoms with Gasteiger partial charge in [-0.25, -0.2) is 0 Å². The van der Waals surface area contributed by atoms with Crippen LogP contribution in [0.5, 0.6) is 0 Å². The fourth-order valence-electron chi connectivity index (χ4n) is 0. The summed E-state index contributed by atoms with van der Waals surface area (Å²) >= 11 is 0. The number of hydrogen-bond donors (Lipinski definition) is 0. The fourth-order valence-corrected chi connectivity index (χ4v) is 0. The van der Waals surface area contributed by atoms with Crippen LogP contribution in [0.25, 0.3) is 11.5 Å². The summed E-state index contributed by atoms with van der Waals surface area (Å²) in [7, 11) is 0. The van der Waals surface area contributed by atoms with Crippen LogP contribution in [0.1, 0.15) is 0 Å². The molecule has 0 aromatic heterocycles. The summed E-state index contributed by atoms with van der Waals surface area (Å²) in [4.78, 5) is 17.6. The third-order valence-electron chi connectivity index (χ3n) is 0.125. The molecule has 0 radical (unpaired) electrons. The van der Waals surface area contributed by atoms with E-state index in [-0.39, 0.29) is 29.9 Å². The maximum absolute atomic E-state index is 8.78. The number of carbonyl (C=O) groups excluding carboxylic acids is 2. The molecule has 0 saturated carbocycles. The van der Waals surface area contributed by atoms with Crippen molar-refractivity contribution in [2.75, 3.05) is 13.1 Å². The molecule has 10 N–H and O–H groups in total. The minimum Gasteiger partial charge on any atom is -0.679 e. The molecule has 13 heavy (non-hydrogen) atoms. The van der Waals surface area contributed by atoms with Gasteiger partial charge in [0.2, 0.25) is 9.59 Å². The maximum Gasteiger partial charge on any atom is 3.00 e. The SMILES string of the molecule is O=C([OH2+])[OH2+].O=C([OH2+])[OH2+].[Co+3].[NH-]CC[NH-]. The zero-order valence-corrected chi connectivity index (χ0v) is 7.61. The Kier molecular flexibility index (Phi) is 39.2. The second kappa shape index (κ2) is 22.4. The van der Waals surface area contributed by atoms with Gasteiger partial charge in [-0.2, -0.15) is 13.1 Å². The van der Waals surface area contributed by atoms with E-state index < -0.39 is 12.3 Å². The summed E-state index contributed by atoms with van der Waals surface area (Å²) in [6.07, 6.45) is -2.67. The average Bonchev–Trinajstić information content (AvgIpc) is 1.85. The molecule has 0 saturated heterocycles. The van der Waals surface area contributed by atoms with Crippen molar-refractivity contribution >= 4 is 12.3 Å². The van der Waals surface area contributed by atoms with E-state index in [1.165, 1.54) is 0 Å². The van der Waals surface area contributed by atoms with Crippen LogP contribution >= 0.6 is 0 Å². The molecular weight excluding hydrogens is 231 g/mol. The van der Waals surface area contributed by atoms with E-state index in [0.717, 1.165) is 0 Å². The number of carbonyl (C=O) groups is 2. The molecule has 0 aromatic carbocycles. The van der Waals surface area contributed by atoms with Crippen LogP contribution in [0.2, 0.25) is 0 Å². The Morgan fingerprint density at radius 3 is 0.923 bits per heavy atom. The van der Waals surface area contributed by atoms with Crippen molar-refractivity contribution in [1.82, 2.24) is 0 Å². The van der Waals surface area contributed by atoms with Crippen LogP contribution in [0.4, 0.5) is 9.59 Å². The third-order valence-corrected chi connectivity index (χ3v) is 0.125. The molecule has 0 aliphatic heterocycles. The predicted octanol–water partition coefficient (Wildman–Crippen LogP) is -1.80. The van der Waals surface area contributed by atoms with E-state index in [0.29, 0.717) is 0 Å². The minimum absolute atomic E-state index is 0. The summed E-state index contributed by atoms with van der Waals surface area (Å²) in [5.74, 6) is 0. The smallest absolute Gasteiger partial charge is 0.679 e. The van der Waals surface area contributed by atoms with Crippen molar-refractivity contribution in [1.29, 1.82) is 0 Å². The van der Waals surface area contributed by atoms with Gasteiger partial charge in [0.15, 0.2) is 0 Å². The molecule has 0 aromatic rings. The molecule has 0 fully saturated rings. The topological polar surface area (TPSA) is 173 Å². The second-order valence-corrected chi connectivity index (χ2v) is 1.16. The quantitative estimate of drug-likeness (QED) is 0.496. The molecule has 0 aliphatic rings. The van der Waals surface area contributed by atoms with E-state index in [2.05, 4.69) is 0 Å². The molecule has 0 rings (SSSR count). The molecule has 0 amide bonds. The Hall–Kier alpha value is -1.03. The Labute approximate surface area is 84.3 Å². The van der Waals surface area contributed by atoms with Crippen molar-refractivity contribution in [2.24, 2.45) is 0 Å². The van der Waals surface area contributed by atoms with Crippen molar-refractivity contribution < 1.29 is 46.8 Å². The second-order valence-electron chi connectivity index (χ2n) is 1.16. The monoisotopic (exact) mass is 245 g/mol. The number of rotatable bonds is 1. The largest absolute Gasteiger partial charge is 3.00 e. The minimum atomic E-state index is -1.33. The van der Waals surface area contributed by atoms with Crippen molar-refractivity contribution in [3.8, 4) is 0 Å². The van der Waals surface area contributed by atoms with E-state index in [1.54, 1.807) is 0 Å². The first-order chi connectivity index (χ1) is 5.38. The summed E-state index contributed by atoms with van der Waals surface area (Å²) in [6.45, 7) is 0.472. The van der Waals surface area contributed by atoms with Crippen molar-refractivity contribution in [3.63, 3.8) is 0 Å². The van der Waals surface area contributed by atoms with Gasteiger partial charge in [-0.3, -0.25) is 0 Å². The summed E-state index contributed by atoms with van der Waals surface area (Å²) in [6, 6.07) is 0. The summed E-state index contributed by atoms with van der Waals surface area (Å²) in [5.41, 5.74) is 12.5. The third kappa shape index (κ3) is 785000. The van der Waals surface area contributed by atoms with Gasteiger partial charge < -0.3 is 31.9 Å². The predicted molar refractivity (Wildman–Crippen MR) is 43.6 cm³/mol. The first-order valence-electron chi connectivity index (χ1n) is 2.62. The van der Waals surface area contributed by atoms with Gasteiger partial charge in [-0.15, -0.1) is 0 Å². The maximum atomic E-state index is 8.78. The van der Waals surface area contributed by atoms with Crippen LogP contribution in [0, 0.1) is 0 Å². The molecule has 0 unspecified atom stereocenters. The van der Waals surface area contributed by atoms with E-state index in [9.17, 15) is 0 Å². The average molecular weight is 245 g/mol. The fraction of sp³-hybridized carbons (Fsp3) is 0.500. The normalized spacial score (nSPS) is 6.00. The number of nitrogens with one attached hydrogen (secondary N) is 2. The van der Waals surface area contributed by atoms with Crippen LogP contribution < -0.4 is 0 Å².